The molecule has 21 heavy (non-hydrogen) atoms. The zero-order valence-electron chi connectivity index (χ0n) is 11.4. The Labute approximate surface area is 120 Å². The lowest BCUT2D eigenvalue weighted by molar-refractivity contribution is 0.320. The molecule has 3 rings (SSSR count). The number of benzene rings is 1. The maximum absolute atomic E-state index is 9.50. The minimum Gasteiger partial charge on any atom is -0.491 e. The van der Waals surface area contributed by atoms with Crippen LogP contribution in [0.2, 0.25) is 0 Å². The Kier molecular flexibility index (Phi) is 3.43. The largest absolute Gasteiger partial charge is 0.491 e. The van der Waals surface area contributed by atoms with Crippen LogP contribution < -0.4 is 4.74 Å². The molecule has 0 amide bonds. The van der Waals surface area contributed by atoms with Crippen LogP contribution in [0.4, 0.5) is 0 Å². The predicted octanol–water partition coefficient (Wildman–Crippen LogP) is 1.87. The minimum absolute atomic E-state index is 0.328. The molecule has 0 fully saturated rings. The second-order valence-electron chi connectivity index (χ2n) is 4.37. The van der Waals surface area contributed by atoms with Gasteiger partial charge in [0.2, 0.25) is 0 Å². The normalized spacial score (nSPS) is 10.5. The van der Waals surface area contributed by atoms with Crippen molar-refractivity contribution in [2.45, 2.75) is 13.3 Å². The Morgan fingerprint density at radius 2 is 2.19 bits per heavy atom. The van der Waals surface area contributed by atoms with Crippen molar-refractivity contribution >= 4 is 10.9 Å². The summed E-state index contributed by atoms with van der Waals surface area (Å²) in [6.07, 6.45) is 2.25. The third-order valence-electron chi connectivity index (χ3n) is 2.95. The molecule has 7 heteroatoms. The summed E-state index contributed by atoms with van der Waals surface area (Å²) in [6.45, 7) is 2.54. The molecule has 2 heterocycles. The zero-order valence-corrected chi connectivity index (χ0v) is 11.4. The van der Waals surface area contributed by atoms with Gasteiger partial charge in [-0.2, -0.15) is 9.94 Å². The lowest BCUT2D eigenvalue weighted by Crippen LogP contribution is -2.07. The number of hydrogen-bond acceptors (Lipinski definition) is 6. The Morgan fingerprint density at radius 1 is 1.33 bits per heavy atom. The van der Waals surface area contributed by atoms with Gasteiger partial charge in [0.25, 0.3) is 0 Å². The van der Waals surface area contributed by atoms with Gasteiger partial charge in [0.15, 0.2) is 5.82 Å². The molecule has 1 aromatic carbocycles. The number of nitrogens with zero attached hydrogens (tertiary/aromatic N) is 6. The first-order valence-electron chi connectivity index (χ1n) is 6.54. The highest BCUT2D eigenvalue weighted by atomic mass is 16.5. The van der Waals surface area contributed by atoms with E-state index in [9.17, 15) is 5.26 Å². The molecule has 7 nitrogen and oxygen atoms in total. The van der Waals surface area contributed by atoms with Gasteiger partial charge in [0, 0.05) is 5.39 Å². The number of para-hydroxylation sites is 1. The molecule has 104 valence electrons. The zero-order chi connectivity index (χ0) is 14.7. The number of pyridine rings is 1. The molecule has 0 N–H and O–H groups in total. The van der Waals surface area contributed by atoms with E-state index in [2.05, 4.69) is 26.6 Å². The fourth-order valence-electron chi connectivity index (χ4n) is 2.05. The van der Waals surface area contributed by atoms with Gasteiger partial charge in [0.05, 0.1) is 12.1 Å². The van der Waals surface area contributed by atoms with Gasteiger partial charge in [0.1, 0.15) is 23.7 Å². The Bertz CT molecular complexity index is 806. The standard InChI is InChI=1S/C14H12N6O/c1-2-7-21-13-10-5-3-4-6-12(10)17-14(11(13)8-15)20-9-16-18-19-20/h3-6,9H,2,7H2,1H3. The summed E-state index contributed by atoms with van der Waals surface area (Å²) in [5.74, 6) is 0.891. The Balaban J connectivity index is 2.31. The van der Waals surface area contributed by atoms with Gasteiger partial charge in [-0.25, -0.2) is 4.98 Å². The summed E-state index contributed by atoms with van der Waals surface area (Å²) in [7, 11) is 0. The van der Waals surface area contributed by atoms with Crippen LogP contribution in [0.1, 0.15) is 18.9 Å². The van der Waals surface area contributed by atoms with Crippen molar-refractivity contribution in [2.24, 2.45) is 0 Å². The fraction of sp³-hybridized carbons (Fsp3) is 0.214. The first-order valence-corrected chi connectivity index (χ1v) is 6.54. The SMILES string of the molecule is CCCOc1c(C#N)c(-n2cnnn2)nc2ccccc12. The van der Waals surface area contributed by atoms with Crippen LogP contribution in [0.25, 0.3) is 16.7 Å². The quantitative estimate of drug-likeness (QED) is 0.724. The predicted molar refractivity (Wildman–Crippen MR) is 75.0 cm³/mol. The lowest BCUT2D eigenvalue weighted by atomic mass is 10.1. The Hall–Kier alpha value is -3.01. The van der Waals surface area contributed by atoms with Crippen LogP contribution in [0.3, 0.4) is 0 Å². The molecular formula is C14H12N6O. The van der Waals surface area contributed by atoms with Gasteiger partial charge in [-0.3, -0.25) is 0 Å². The van der Waals surface area contributed by atoms with Crippen molar-refractivity contribution in [3.05, 3.63) is 36.2 Å². The van der Waals surface area contributed by atoms with E-state index >= 15 is 0 Å². The molecule has 2 aromatic heterocycles. The molecule has 3 aromatic rings. The van der Waals surface area contributed by atoms with Gasteiger partial charge < -0.3 is 4.74 Å². The first-order chi connectivity index (χ1) is 10.3. The van der Waals surface area contributed by atoms with Crippen LogP contribution in [-0.2, 0) is 0 Å². The molecule has 0 saturated carbocycles. The van der Waals surface area contributed by atoms with Crippen molar-refractivity contribution in [3.8, 4) is 17.6 Å². The van der Waals surface area contributed by atoms with Crippen LogP contribution in [0, 0.1) is 11.3 Å². The van der Waals surface area contributed by atoms with E-state index in [1.54, 1.807) is 0 Å². The average molecular weight is 280 g/mol. The van der Waals surface area contributed by atoms with E-state index in [-0.39, 0.29) is 0 Å². The average Bonchev–Trinajstić information content (AvgIpc) is 3.05. The molecule has 0 aliphatic heterocycles. The number of nitriles is 1. The van der Waals surface area contributed by atoms with Crippen LogP contribution in [-0.4, -0.2) is 31.8 Å². The van der Waals surface area contributed by atoms with Crippen molar-refractivity contribution in [3.63, 3.8) is 0 Å². The third kappa shape index (κ3) is 2.27. The lowest BCUT2D eigenvalue weighted by Gasteiger charge is -2.12. The van der Waals surface area contributed by atoms with Gasteiger partial charge in [-0.15, -0.1) is 5.10 Å². The first kappa shape index (κ1) is 13.0. The molecule has 0 aliphatic carbocycles. The van der Waals surface area contributed by atoms with Gasteiger partial charge in [-0.1, -0.05) is 19.1 Å². The number of ether oxygens (including phenoxy) is 1. The molecule has 0 unspecified atom stereocenters. The van der Waals surface area contributed by atoms with E-state index in [0.717, 1.165) is 17.3 Å². The smallest absolute Gasteiger partial charge is 0.179 e. The number of hydrogen-bond donors (Lipinski definition) is 0. The number of tetrazole rings is 1. The highest BCUT2D eigenvalue weighted by Gasteiger charge is 2.18. The summed E-state index contributed by atoms with van der Waals surface area (Å²) in [5.41, 5.74) is 1.06. The summed E-state index contributed by atoms with van der Waals surface area (Å²) in [4.78, 5) is 4.48. The van der Waals surface area contributed by atoms with E-state index in [1.165, 1.54) is 11.0 Å². The second-order valence-corrected chi connectivity index (χ2v) is 4.37. The monoisotopic (exact) mass is 280 g/mol. The summed E-state index contributed by atoms with van der Waals surface area (Å²) in [6, 6.07) is 9.67. The number of aromatic nitrogens is 5. The molecular weight excluding hydrogens is 268 g/mol. The Morgan fingerprint density at radius 3 is 2.90 bits per heavy atom. The van der Waals surface area contributed by atoms with Crippen molar-refractivity contribution in [1.82, 2.24) is 25.2 Å². The third-order valence-corrected chi connectivity index (χ3v) is 2.95. The van der Waals surface area contributed by atoms with E-state index in [4.69, 9.17) is 4.74 Å². The van der Waals surface area contributed by atoms with E-state index < -0.39 is 0 Å². The molecule has 0 atom stereocenters. The van der Waals surface area contributed by atoms with Gasteiger partial charge >= 0.3 is 0 Å². The molecule has 0 aliphatic rings. The minimum atomic E-state index is 0.328. The topological polar surface area (TPSA) is 89.5 Å². The van der Waals surface area contributed by atoms with Crippen LogP contribution in [0.15, 0.2) is 30.6 Å². The summed E-state index contributed by atoms with van der Waals surface area (Å²) < 4.78 is 7.15. The molecule has 0 spiro atoms. The number of rotatable bonds is 4. The van der Waals surface area contributed by atoms with E-state index in [0.29, 0.717) is 23.7 Å². The maximum atomic E-state index is 9.50. The molecule has 0 saturated heterocycles. The van der Waals surface area contributed by atoms with Gasteiger partial charge in [-0.05, 0) is 29.0 Å². The second kappa shape index (κ2) is 5.54. The van der Waals surface area contributed by atoms with Crippen LogP contribution >= 0.6 is 0 Å². The molecule has 0 radical (unpaired) electrons. The van der Waals surface area contributed by atoms with Crippen molar-refractivity contribution in [2.75, 3.05) is 6.61 Å². The molecule has 0 bridgehead atoms. The maximum Gasteiger partial charge on any atom is 0.179 e. The van der Waals surface area contributed by atoms with E-state index in [1.807, 2.05) is 31.2 Å². The number of fused-ring (bicyclic) bond motifs is 1. The highest BCUT2D eigenvalue weighted by molar-refractivity contribution is 5.89. The summed E-state index contributed by atoms with van der Waals surface area (Å²) in [5, 5.41) is 21.3. The van der Waals surface area contributed by atoms with Crippen LogP contribution in [0.5, 0.6) is 5.75 Å². The van der Waals surface area contributed by atoms with Crippen molar-refractivity contribution in [1.29, 1.82) is 5.26 Å². The van der Waals surface area contributed by atoms with Crippen molar-refractivity contribution < 1.29 is 4.74 Å². The summed E-state index contributed by atoms with van der Waals surface area (Å²) >= 11 is 0. The highest BCUT2D eigenvalue weighted by Crippen LogP contribution is 2.31. The fourth-order valence-corrected chi connectivity index (χ4v) is 2.05.